The zero-order chi connectivity index (χ0) is 13.2. The zero-order valence-corrected chi connectivity index (χ0v) is 10.0. The van der Waals surface area contributed by atoms with Crippen LogP contribution in [0.2, 0.25) is 0 Å². The molecule has 1 N–H and O–H groups in total. The van der Waals surface area contributed by atoms with Crippen molar-refractivity contribution in [2.24, 2.45) is 0 Å². The molecule has 16 heavy (non-hydrogen) atoms. The van der Waals surface area contributed by atoms with E-state index in [0.717, 1.165) is 0 Å². The molecule has 1 atom stereocenters. The standard InChI is InChI=1S/C8H7F3O.2C2H6/c9-8(10,11)7(12)6-4-2-1-3-5-6;2*1-2/h1-5,7,12H;2*1-2H3/t7-;;/m1../s1. The molecule has 0 aliphatic rings. The number of hydrogen-bond donors (Lipinski definition) is 1. The van der Waals surface area contributed by atoms with Crippen LogP contribution in [0.15, 0.2) is 30.3 Å². The van der Waals surface area contributed by atoms with Crippen molar-refractivity contribution < 1.29 is 18.3 Å². The van der Waals surface area contributed by atoms with Crippen LogP contribution in [-0.4, -0.2) is 11.3 Å². The first-order valence-corrected chi connectivity index (χ1v) is 5.31. The number of benzene rings is 1. The molecule has 1 nitrogen and oxygen atoms in total. The predicted molar refractivity (Wildman–Crippen MR) is 60.2 cm³/mol. The maximum Gasteiger partial charge on any atom is 0.418 e. The van der Waals surface area contributed by atoms with Crippen molar-refractivity contribution in [1.29, 1.82) is 0 Å². The Hall–Kier alpha value is -1.03. The molecular weight excluding hydrogens is 217 g/mol. The summed E-state index contributed by atoms with van der Waals surface area (Å²) in [5, 5.41) is 8.73. The zero-order valence-electron chi connectivity index (χ0n) is 10.0. The largest absolute Gasteiger partial charge is 0.418 e. The number of aliphatic hydroxyl groups excluding tert-OH is 1. The highest BCUT2D eigenvalue weighted by Crippen LogP contribution is 2.31. The van der Waals surface area contributed by atoms with Crippen LogP contribution in [0.3, 0.4) is 0 Å². The number of aliphatic hydroxyl groups is 1. The summed E-state index contributed by atoms with van der Waals surface area (Å²) < 4.78 is 35.7. The van der Waals surface area contributed by atoms with Gasteiger partial charge in [-0.05, 0) is 5.56 Å². The molecule has 0 spiro atoms. The van der Waals surface area contributed by atoms with Gasteiger partial charge in [-0.15, -0.1) is 0 Å². The average Bonchev–Trinajstić information content (AvgIpc) is 2.33. The summed E-state index contributed by atoms with van der Waals surface area (Å²) in [6.45, 7) is 8.00. The van der Waals surface area contributed by atoms with Crippen LogP contribution in [0, 0.1) is 0 Å². The third-order valence-corrected chi connectivity index (χ3v) is 1.43. The van der Waals surface area contributed by atoms with Crippen LogP contribution in [0.25, 0.3) is 0 Å². The molecule has 0 aliphatic heterocycles. The fourth-order valence-corrected chi connectivity index (χ4v) is 0.824. The molecule has 0 bridgehead atoms. The van der Waals surface area contributed by atoms with Crippen molar-refractivity contribution in [1.82, 2.24) is 0 Å². The minimum atomic E-state index is -4.58. The second kappa shape index (κ2) is 9.21. The van der Waals surface area contributed by atoms with Crippen LogP contribution in [0.4, 0.5) is 13.2 Å². The van der Waals surface area contributed by atoms with Gasteiger partial charge < -0.3 is 5.11 Å². The molecule has 1 aromatic rings. The number of alkyl halides is 3. The van der Waals surface area contributed by atoms with Crippen molar-refractivity contribution in [3.05, 3.63) is 35.9 Å². The van der Waals surface area contributed by atoms with Crippen molar-refractivity contribution in [3.8, 4) is 0 Å². The molecule has 0 saturated heterocycles. The van der Waals surface area contributed by atoms with Gasteiger partial charge in [-0.25, -0.2) is 0 Å². The molecule has 0 amide bonds. The van der Waals surface area contributed by atoms with Crippen LogP contribution in [-0.2, 0) is 0 Å². The molecule has 94 valence electrons. The lowest BCUT2D eigenvalue weighted by Crippen LogP contribution is -2.19. The lowest BCUT2D eigenvalue weighted by Gasteiger charge is -2.13. The second-order valence-electron chi connectivity index (χ2n) is 2.35. The van der Waals surface area contributed by atoms with Crippen LogP contribution in [0.1, 0.15) is 39.4 Å². The molecule has 0 unspecified atom stereocenters. The summed E-state index contributed by atoms with van der Waals surface area (Å²) >= 11 is 0. The Morgan fingerprint density at radius 1 is 0.938 bits per heavy atom. The Kier molecular flexibility index (Phi) is 10.0. The van der Waals surface area contributed by atoms with E-state index in [4.69, 9.17) is 5.11 Å². The molecule has 1 rings (SSSR count). The van der Waals surface area contributed by atoms with Crippen LogP contribution >= 0.6 is 0 Å². The first kappa shape index (κ1) is 17.4. The first-order valence-electron chi connectivity index (χ1n) is 5.31. The van der Waals surface area contributed by atoms with E-state index >= 15 is 0 Å². The van der Waals surface area contributed by atoms with Gasteiger partial charge in [0.25, 0.3) is 0 Å². The van der Waals surface area contributed by atoms with Gasteiger partial charge in [0.2, 0.25) is 0 Å². The third-order valence-electron chi connectivity index (χ3n) is 1.43. The topological polar surface area (TPSA) is 20.2 Å². The van der Waals surface area contributed by atoms with Crippen molar-refractivity contribution in [2.45, 2.75) is 40.0 Å². The van der Waals surface area contributed by atoms with Gasteiger partial charge in [0.15, 0.2) is 6.10 Å². The molecule has 4 heteroatoms. The summed E-state index contributed by atoms with van der Waals surface area (Å²) in [6.07, 6.45) is -6.96. The number of halogens is 3. The Bertz CT molecular complexity index is 244. The van der Waals surface area contributed by atoms with Gasteiger partial charge >= 0.3 is 6.18 Å². The van der Waals surface area contributed by atoms with E-state index in [-0.39, 0.29) is 5.56 Å². The quantitative estimate of drug-likeness (QED) is 0.769. The number of rotatable bonds is 1. The van der Waals surface area contributed by atoms with Crippen LogP contribution < -0.4 is 0 Å². The second-order valence-corrected chi connectivity index (χ2v) is 2.35. The first-order chi connectivity index (χ1) is 7.52. The van der Waals surface area contributed by atoms with Crippen molar-refractivity contribution in [3.63, 3.8) is 0 Å². The molecule has 0 heterocycles. The summed E-state index contributed by atoms with van der Waals surface area (Å²) in [7, 11) is 0. The summed E-state index contributed by atoms with van der Waals surface area (Å²) in [5.41, 5.74) is -0.134. The van der Waals surface area contributed by atoms with Crippen molar-refractivity contribution in [2.75, 3.05) is 0 Å². The highest BCUT2D eigenvalue weighted by molar-refractivity contribution is 5.18. The summed E-state index contributed by atoms with van der Waals surface area (Å²) in [5.74, 6) is 0. The smallest absolute Gasteiger partial charge is 0.379 e. The van der Waals surface area contributed by atoms with Crippen molar-refractivity contribution >= 4 is 0 Å². The molecular formula is C12H19F3O. The molecule has 0 fully saturated rings. The predicted octanol–water partition coefficient (Wildman–Crippen LogP) is 4.33. The monoisotopic (exact) mass is 236 g/mol. The highest BCUT2D eigenvalue weighted by Gasteiger charge is 2.38. The van der Waals surface area contributed by atoms with Gasteiger partial charge in [-0.1, -0.05) is 58.0 Å². The lowest BCUT2D eigenvalue weighted by atomic mass is 10.1. The van der Waals surface area contributed by atoms with E-state index in [1.54, 1.807) is 6.07 Å². The van der Waals surface area contributed by atoms with Gasteiger partial charge in [0.1, 0.15) is 0 Å². The Morgan fingerprint density at radius 2 is 1.31 bits per heavy atom. The minimum Gasteiger partial charge on any atom is -0.379 e. The fraction of sp³-hybridized carbons (Fsp3) is 0.500. The maximum absolute atomic E-state index is 11.9. The molecule has 0 radical (unpaired) electrons. The lowest BCUT2D eigenvalue weighted by molar-refractivity contribution is -0.206. The van der Waals surface area contributed by atoms with E-state index in [9.17, 15) is 13.2 Å². The highest BCUT2D eigenvalue weighted by atomic mass is 19.4. The molecule has 0 saturated carbocycles. The van der Waals surface area contributed by atoms with E-state index in [2.05, 4.69) is 0 Å². The third kappa shape index (κ3) is 6.45. The fourth-order valence-electron chi connectivity index (χ4n) is 0.824. The molecule has 0 aromatic heterocycles. The van der Waals surface area contributed by atoms with E-state index in [0.29, 0.717) is 0 Å². The van der Waals surface area contributed by atoms with Gasteiger partial charge in [0, 0.05) is 0 Å². The minimum absolute atomic E-state index is 0.134. The Balaban J connectivity index is 0. The maximum atomic E-state index is 11.9. The van der Waals surface area contributed by atoms with Gasteiger partial charge in [0.05, 0.1) is 0 Å². The Labute approximate surface area is 94.9 Å². The summed E-state index contributed by atoms with van der Waals surface area (Å²) in [4.78, 5) is 0. The SMILES string of the molecule is CC.CC.O[C@H](c1ccccc1)C(F)(F)F. The normalized spacial score (nSPS) is 11.5. The molecule has 1 aromatic carbocycles. The van der Waals surface area contributed by atoms with E-state index < -0.39 is 12.3 Å². The summed E-state index contributed by atoms with van der Waals surface area (Å²) in [6, 6.07) is 6.96. The molecule has 0 aliphatic carbocycles. The average molecular weight is 236 g/mol. The number of hydrogen-bond acceptors (Lipinski definition) is 1. The van der Waals surface area contributed by atoms with E-state index in [1.807, 2.05) is 27.7 Å². The Morgan fingerprint density at radius 3 is 1.62 bits per heavy atom. The van der Waals surface area contributed by atoms with Gasteiger partial charge in [-0.3, -0.25) is 0 Å². The van der Waals surface area contributed by atoms with Crippen LogP contribution in [0.5, 0.6) is 0 Å². The van der Waals surface area contributed by atoms with E-state index in [1.165, 1.54) is 24.3 Å². The van der Waals surface area contributed by atoms with Gasteiger partial charge in [-0.2, -0.15) is 13.2 Å².